The van der Waals surface area contributed by atoms with Crippen molar-refractivity contribution in [3.05, 3.63) is 39.5 Å². The summed E-state index contributed by atoms with van der Waals surface area (Å²) < 4.78 is 1.43. The molecule has 0 saturated carbocycles. The van der Waals surface area contributed by atoms with Gasteiger partial charge in [0.2, 0.25) is 11.7 Å². The van der Waals surface area contributed by atoms with Gasteiger partial charge in [0.15, 0.2) is 5.16 Å². The van der Waals surface area contributed by atoms with Crippen molar-refractivity contribution in [3.8, 4) is 0 Å². The van der Waals surface area contributed by atoms with Crippen molar-refractivity contribution in [1.29, 1.82) is 0 Å². The summed E-state index contributed by atoms with van der Waals surface area (Å²) in [4.78, 5) is 50.4. The van der Waals surface area contributed by atoms with E-state index in [4.69, 9.17) is 5.73 Å². The second-order valence-corrected chi connectivity index (χ2v) is 10.1. The highest BCUT2D eigenvalue weighted by molar-refractivity contribution is 8.01. The summed E-state index contributed by atoms with van der Waals surface area (Å²) >= 11 is 4.04. The molecular formula is C18H18N6O5S3. The number of thioether (sulfide) groups is 2. The topological polar surface area (TPSA) is 161 Å². The van der Waals surface area contributed by atoms with Crippen LogP contribution in [0.1, 0.15) is 15.5 Å². The predicted molar refractivity (Wildman–Crippen MR) is 118 cm³/mol. The van der Waals surface area contributed by atoms with Crippen molar-refractivity contribution in [3.63, 3.8) is 0 Å². The van der Waals surface area contributed by atoms with E-state index < -0.39 is 29.2 Å². The molecule has 0 spiro atoms. The van der Waals surface area contributed by atoms with Crippen molar-refractivity contribution in [2.24, 2.45) is 12.8 Å². The molecule has 14 heteroatoms. The van der Waals surface area contributed by atoms with E-state index in [1.54, 1.807) is 7.05 Å². The van der Waals surface area contributed by atoms with Gasteiger partial charge in [0.05, 0.1) is 6.42 Å². The molecule has 0 radical (unpaired) electrons. The van der Waals surface area contributed by atoms with Crippen molar-refractivity contribution < 1.29 is 24.3 Å². The minimum Gasteiger partial charge on any atom is -0.477 e. The molecule has 0 aliphatic carbocycles. The standard InChI is InChI=1S/C18H18N6O5S3/c1-23-14(13(19)26)21-22-18(23)32-7-8-6-31-16-11(15(27)24(16)12(8)17(28)29)20-10(25)5-9-3-2-4-30-9/h2-4,11,16H,5-7H2,1H3,(H2,19,26)(H,20,25)(H,28,29)/t11?,16-/m0/s1. The first kappa shape index (κ1) is 22.4. The van der Waals surface area contributed by atoms with E-state index in [0.29, 0.717) is 16.5 Å². The first-order valence-corrected chi connectivity index (χ1v) is 12.2. The summed E-state index contributed by atoms with van der Waals surface area (Å²) in [6, 6.07) is 2.93. The predicted octanol–water partition coefficient (Wildman–Crippen LogP) is 0.0489. The molecule has 168 valence electrons. The van der Waals surface area contributed by atoms with Gasteiger partial charge in [-0.15, -0.1) is 33.3 Å². The Morgan fingerprint density at radius 2 is 2.16 bits per heavy atom. The number of aliphatic carboxylic acids is 1. The van der Waals surface area contributed by atoms with Crippen LogP contribution in [0.5, 0.6) is 0 Å². The van der Waals surface area contributed by atoms with Crippen molar-refractivity contribution >= 4 is 58.6 Å². The maximum absolute atomic E-state index is 12.7. The Morgan fingerprint density at radius 3 is 2.78 bits per heavy atom. The van der Waals surface area contributed by atoms with Crippen LogP contribution in [-0.4, -0.2) is 71.4 Å². The molecule has 4 heterocycles. The van der Waals surface area contributed by atoms with Crippen molar-refractivity contribution in [2.45, 2.75) is 23.0 Å². The van der Waals surface area contributed by atoms with Gasteiger partial charge in [-0.25, -0.2) is 4.79 Å². The zero-order valence-corrected chi connectivity index (χ0v) is 19.1. The molecule has 4 N–H and O–H groups in total. The lowest BCUT2D eigenvalue weighted by molar-refractivity contribution is -0.150. The Balaban J connectivity index is 1.45. The highest BCUT2D eigenvalue weighted by Crippen LogP contribution is 2.41. The Kier molecular flexibility index (Phi) is 6.26. The van der Waals surface area contributed by atoms with Crippen molar-refractivity contribution in [1.82, 2.24) is 25.0 Å². The van der Waals surface area contributed by atoms with Crippen LogP contribution in [0.4, 0.5) is 0 Å². The molecule has 0 aromatic carbocycles. The summed E-state index contributed by atoms with van der Waals surface area (Å²) in [7, 11) is 1.59. The smallest absolute Gasteiger partial charge is 0.352 e. The Morgan fingerprint density at radius 1 is 1.38 bits per heavy atom. The number of fused-ring (bicyclic) bond motifs is 1. The van der Waals surface area contributed by atoms with Gasteiger partial charge in [-0.3, -0.25) is 19.3 Å². The van der Waals surface area contributed by atoms with Crippen LogP contribution in [-0.2, 0) is 27.9 Å². The number of hydrogen-bond acceptors (Lipinski definition) is 9. The quantitative estimate of drug-likeness (QED) is 0.340. The number of nitrogens with one attached hydrogen (secondary N) is 1. The minimum atomic E-state index is -1.21. The van der Waals surface area contributed by atoms with E-state index in [1.807, 2.05) is 17.5 Å². The number of nitrogens with zero attached hydrogens (tertiary/aromatic N) is 4. The first-order chi connectivity index (χ1) is 15.3. The maximum Gasteiger partial charge on any atom is 0.352 e. The fraction of sp³-hybridized carbons (Fsp3) is 0.333. The van der Waals surface area contributed by atoms with Gasteiger partial charge in [0.1, 0.15) is 17.1 Å². The largest absolute Gasteiger partial charge is 0.477 e. The fourth-order valence-corrected chi connectivity index (χ4v) is 6.50. The zero-order valence-electron chi connectivity index (χ0n) is 16.7. The van der Waals surface area contributed by atoms with Gasteiger partial charge in [0.25, 0.3) is 11.8 Å². The molecule has 2 aromatic rings. The number of amides is 3. The lowest BCUT2D eigenvalue weighted by atomic mass is 10.0. The van der Waals surface area contributed by atoms with Gasteiger partial charge >= 0.3 is 5.97 Å². The molecule has 3 amide bonds. The number of carbonyl (C=O) groups excluding carboxylic acids is 3. The van der Waals surface area contributed by atoms with Gasteiger partial charge in [-0.2, -0.15) is 0 Å². The summed E-state index contributed by atoms with van der Waals surface area (Å²) in [5, 5.41) is 21.9. The number of thiophene rings is 1. The number of carboxylic acids is 1. The summed E-state index contributed by atoms with van der Waals surface area (Å²) in [5.41, 5.74) is 5.70. The Hall–Kier alpha value is -2.84. The molecule has 11 nitrogen and oxygen atoms in total. The average Bonchev–Trinajstić information content (AvgIpc) is 3.39. The van der Waals surface area contributed by atoms with E-state index in [-0.39, 0.29) is 29.6 Å². The summed E-state index contributed by atoms with van der Waals surface area (Å²) in [6.07, 6.45) is 0.174. The fourth-order valence-electron chi connectivity index (χ4n) is 3.40. The van der Waals surface area contributed by atoms with Gasteiger partial charge in [-0.1, -0.05) is 17.8 Å². The van der Waals surface area contributed by atoms with Crippen LogP contribution in [0.25, 0.3) is 0 Å². The highest BCUT2D eigenvalue weighted by atomic mass is 32.2. The number of carboxylic acid groups (broad SMARTS) is 1. The lowest BCUT2D eigenvalue weighted by Gasteiger charge is -2.49. The highest BCUT2D eigenvalue weighted by Gasteiger charge is 2.54. The Labute approximate surface area is 194 Å². The van der Waals surface area contributed by atoms with Crippen LogP contribution < -0.4 is 11.1 Å². The molecule has 2 atom stereocenters. The van der Waals surface area contributed by atoms with Crippen LogP contribution in [0.15, 0.2) is 33.9 Å². The van der Waals surface area contributed by atoms with Crippen LogP contribution in [0.3, 0.4) is 0 Å². The molecule has 2 aliphatic rings. The average molecular weight is 495 g/mol. The second-order valence-electron chi connectivity index (χ2n) is 6.99. The molecule has 2 aliphatic heterocycles. The number of nitrogens with two attached hydrogens (primary N) is 1. The van der Waals surface area contributed by atoms with Gasteiger partial charge < -0.3 is 20.7 Å². The van der Waals surface area contributed by atoms with E-state index in [9.17, 15) is 24.3 Å². The summed E-state index contributed by atoms with van der Waals surface area (Å²) in [6.45, 7) is 0. The van der Waals surface area contributed by atoms with Crippen LogP contribution in [0.2, 0.25) is 0 Å². The monoisotopic (exact) mass is 494 g/mol. The number of aromatic nitrogens is 3. The van der Waals surface area contributed by atoms with E-state index >= 15 is 0 Å². The molecular weight excluding hydrogens is 476 g/mol. The Bertz CT molecular complexity index is 1130. The number of primary amides is 1. The molecule has 32 heavy (non-hydrogen) atoms. The number of carbonyl (C=O) groups is 4. The molecule has 1 saturated heterocycles. The second kappa shape index (κ2) is 8.96. The molecule has 0 bridgehead atoms. The van der Waals surface area contributed by atoms with Crippen LogP contribution >= 0.6 is 34.9 Å². The van der Waals surface area contributed by atoms with Crippen LogP contribution in [0, 0.1) is 0 Å². The molecule has 2 aromatic heterocycles. The first-order valence-electron chi connectivity index (χ1n) is 9.31. The van der Waals surface area contributed by atoms with E-state index in [0.717, 1.165) is 4.88 Å². The molecule has 1 fully saturated rings. The van der Waals surface area contributed by atoms with Gasteiger partial charge in [-0.05, 0) is 17.0 Å². The normalized spacial score (nSPS) is 20.0. The molecule has 1 unspecified atom stereocenters. The van der Waals surface area contributed by atoms with Gasteiger partial charge in [0, 0.05) is 23.4 Å². The third kappa shape index (κ3) is 4.12. The maximum atomic E-state index is 12.7. The molecule has 4 rings (SSSR count). The van der Waals surface area contributed by atoms with E-state index in [1.165, 1.54) is 44.3 Å². The third-order valence-electron chi connectivity index (χ3n) is 4.91. The SMILES string of the molecule is Cn1c(SCC2=C(C(=O)O)N3C(=O)C(NC(=O)Cc4cccs4)[C@@H]3SC2)nnc1C(N)=O. The lowest BCUT2D eigenvalue weighted by Crippen LogP contribution is -2.70. The number of hydrogen-bond donors (Lipinski definition) is 3. The van der Waals surface area contributed by atoms with Crippen molar-refractivity contribution in [2.75, 3.05) is 11.5 Å². The minimum absolute atomic E-state index is 0.00271. The van der Waals surface area contributed by atoms with E-state index in [2.05, 4.69) is 15.5 Å². The zero-order chi connectivity index (χ0) is 23.0. The third-order valence-corrected chi connectivity index (χ3v) is 8.23. The number of rotatable bonds is 8. The summed E-state index contributed by atoms with van der Waals surface area (Å²) in [5.74, 6) is -2.04. The number of β-lactam (4-membered cyclic amide) rings is 1.